The van der Waals surface area contributed by atoms with Gasteiger partial charge in [-0.3, -0.25) is 0 Å². The molecule has 0 aromatic heterocycles. The fraction of sp³-hybridized carbons (Fsp3) is 0.182. The van der Waals surface area contributed by atoms with Crippen molar-refractivity contribution in [2.24, 2.45) is 0 Å². The van der Waals surface area contributed by atoms with E-state index in [1.165, 1.54) is 5.56 Å². The van der Waals surface area contributed by atoms with Crippen molar-refractivity contribution in [2.45, 2.75) is 20.1 Å². The van der Waals surface area contributed by atoms with Gasteiger partial charge in [0.25, 0.3) is 0 Å². The topological polar surface area (TPSA) is 30.5 Å². The first kappa shape index (κ1) is 19.6. The van der Waals surface area contributed by atoms with E-state index in [0.29, 0.717) is 29.7 Å². The molecule has 140 valence electrons. The molecule has 3 aromatic carbocycles. The van der Waals surface area contributed by atoms with Crippen LogP contribution in [0, 0.1) is 6.92 Å². The first-order chi connectivity index (χ1) is 13.1. The van der Waals surface area contributed by atoms with Crippen LogP contribution in [0.1, 0.15) is 16.7 Å². The predicted molar refractivity (Wildman–Crippen MR) is 115 cm³/mol. The highest BCUT2D eigenvalue weighted by molar-refractivity contribution is 9.10. The van der Waals surface area contributed by atoms with Crippen molar-refractivity contribution in [2.75, 3.05) is 12.4 Å². The number of halogens is 2. The Morgan fingerprint density at radius 2 is 1.78 bits per heavy atom. The minimum atomic E-state index is 0.444. The van der Waals surface area contributed by atoms with Gasteiger partial charge in [0.05, 0.1) is 12.1 Å². The third kappa shape index (κ3) is 5.18. The van der Waals surface area contributed by atoms with Gasteiger partial charge in [0, 0.05) is 16.7 Å². The molecule has 0 amide bonds. The van der Waals surface area contributed by atoms with Crippen LogP contribution in [-0.2, 0) is 13.2 Å². The molecule has 0 fully saturated rings. The lowest BCUT2D eigenvalue weighted by atomic mass is 10.1. The van der Waals surface area contributed by atoms with Crippen molar-refractivity contribution < 1.29 is 9.47 Å². The van der Waals surface area contributed by atoms with Crippen molar-refractivity contribution in [3.8, 4) is 11.5 Å². The molecule has 0 saturated carbocycles. The Morgan fingerprint density at radius 1 is 1.04 bits per heavy atom. The zero-order chi connectivity index (χ0) is 19.2. The lowest BCUT2D eigenvalue weighted by Gasteiger charge is -2.15. The van der Waals surface area contributed by atoms with Gasteiger partial charge in [-0.15, -0.1) is 0 Å². The minimum Gasteiger partial charge on any atom is -0.493 e. The van der Waals surface area contributed by atoms with Crippen molar-refractivity contribution in [3.05, 3.63) is 86.8 Å². The summed E-state index contributed by atoms with van der Waals surface area (Å²) < 4.78 is 12.5. The summed E-state index contributed by atoms with van der Waals surface area (Å²) in [5, 5.41) is 3.91. The number of nitrogens with one attached hydrogen (secondary N) is 1. The van der Waals surface area contributed by atoms with Gasteiger partial charge < -0.3 is 14.8 Å². The second kappa shape index (κ2) is 9.16. The summed E-state index contributed by atoms with van der Waals surface area (Å²) in [5.41, 5.74) is 4.36. The maximum atomic E-state index is 6.48. The highest BCUT2D eigenvalue weighted by Crippen LogP contribution is 2.37. The molecular weight excluding hydrogens is 426 g/mol. The van der Waals surface area contributed by atoms with E-state index in [2.05, 4.69) is 34.2 Å². The van der Waals surface area contributed by atoms with Gasteiger partial charge in [-0.2, -0.15) is 0 Å². The third-order valence-corrected chi connectivity index (χ3v) is 5.07. The molecule has 0 radical (unpaired) electrons. The van der Waals surface area contributed by atoms with Gasteiger partial charge in [0.15, 0.2) is 11.5 Å². The van der Waals surface area contributed by atoms with Crippen LogP contribution in [-0.4, -0.2) is 7.11 Å². The zero-order valence-corrected chi connectivity index (χ0v) is 17.6. The largest absolute Gasteiger partial charge is 0.493 e. The van der Waals surface area contributed by atoms with Crippen LogP contribution in [0.15, 0.2) is 65.1 Å². The van der Waals surface area contributed by atoms with Gasteiger partial charge in [-0.1, -0.05) is 51.8 Å². The Hall–Kier alpha value is -2.17. The molecule has 0 heterocycles. The second-order valence-corrected chi connectivity index (χ2v) is 7.51. The smallest absolute Gasteiger partial charge is 0.180 e. The molecule has 0 unspecified atom stereocenters. The van der Waals surface area contributed by atoms with Crippen LogP contribution in [0.25, 0.3) is 0 Å². The quantitative estimate of drug-likeness (QED) is 0.443. The molecule has 0 saturated heterocycles. The lowest BCUT2D eigenvalue weighted by molar-refractivity contribution is 0.284. The normalized spacial score (nSPS) is 10.5. The van der Waals surface area contributed by atoms with E-state index in [1.54, 1.807) is 7.11 Å². The predicted octanol–water partition coefficient (Wildman–Crippen LogP) is 6.61. The molecule has 3 aromatic rings. The molecule has 0 bridgehead atoms. The molecule has 27 heavy (non-hydrogen) atoms. The molecule has 0 aliphatic carbocycles. The summed E-state index contributed by atoms with van der Waals surface area (Å²) >= 11 is 9.92. The molecule has 1 N–H and O–H groups in total. The summed E-state index contributed by atoms with van der Waals surface area (Å²) in [5.74, 6) is 1.19. The zero-order valence-electron chi connectivity index (χ0n) is 15.3. The summed E-state index contributed by atoms with van der Waals surface area (Å²) in [6.45, 7) is 3.14. The van der Waals surface area contributed by atoms with E-state index in [9.17, 15) is 0 Å². The fourth-order valence-electron chi connectivity index (χ4n) is 2.71. The second-order valence-electron chi connectivity index (χ2n) is 6.18. The van der Waals surface area contributed by atoms with Gasteiger partial charge in [-0.25, -0.2) is 0 Å². The van der Waals surface area contributed by atoms with Crippen molar-refractivity contribution in [1.29, 1.82) is 0 Å². The minimum absolute atomic E-state index is 0.444. The number of methoxy groups -OCH3 is 1. The molecule has 0 spiro atoms. The maximum Gasteiger partial charge on any atom is 0.180 e. The van der Waals surface area contributed by atoms with Gasteiger partial charge in [0.2, 0.25) is 0 Å². The van der Waals surface area contributed by atoms with Gasteiger partial charge in [0.1, 0.15) is 6.61 Å². The first-order valence-corrected chi connectivity index (χ1v) is 9.77. The number of ether oxygens (including phenoxy) is 2. The highest BCUT2D eigenvalue weighted by atomic mass is 79.9. The Bertz CT molecular complexity index is 913. The molecule has 0 aliphatic rings. The van der Waals surface area contributed by atoms with Crippen LogP contribution < -0.4 is 14.8 Å². The van der Waals surface area contributed by atoms with Crippen LogP contribution in [0.3, 0.4) is 0 Å². The van der Waals surface area contributed by atoms with Crippen LogP contribution in [0.4, 0.5) is 5.69 Å². The molecule has 5 heteroatoms. The molecule has 3 rings (SSSR count). The van der Waals surface area contributed by atoms with Crippen molar-refractivity contribution in [1.82, 2.24) is 0 Å². The third-order valence-electron chi connectivity index (χ3n) is 4.26. The fourth-order valence-corrected chi connectivity index (χ4v) is 3.26. The van der Waals surface area contributed by atoms with Crippen molar-refractivity contribution >= 4 is 33.2 Å². The van der Waals surface area contributed by atoms with Gasteiger partial charge in [-0.05, 0) is 60.0 Å². The summed E-state index contributed by atoms with van der Waals surface area (Å²) in [6, 6.07) is 20.0. The summed E-state index contributed by atoms with van der Waals surface area (Å²) in [6.07, 6.45) is 0. The van der Waals surface area contributed by atoms with E-state index in [0.717, 1.165) is 21.3 Å². The van der Waals surface area contributed by atoms with Crippen LogP contribution in [0.2, 0.25) is 5.02 Å². The molecule has 0 aliphatic heterocycles. The average Bonchev–Trinajstić information content (AvgIpc) is 2.67. The Kier molecular flexibility index (Phi) is 6.64. The molecular formula is C22H21BrClNO2. The standard InChI is InChI=1S/C22H21BrClNO2/c1-15-5-3-4-6-17(15)14-27-22-20(24)11-16(12-21(22)26-2)13-25-19-9-7-18(23)8-10-19/h3-12,25H,13-14H2,1-2H3. The highest BCUT2D eigenvalue weighted by Gasteiger charge is 2.13. The van der Waals surface area contributed by atoms with E-state index < -0.39 is 0 Å². The van der Waals surface area contributed by atoms with E-state index >= 15 is 0 Å². The number of hydrogen-bond acceptors (Lipinski definition) is 3. The summed E-state index contributed by atoms with van der Waals surface area (Å²) in [4.78, 5) is 0. The Labute approximate surface area is 173 Å². The first-order valence-electron chi connectivity index (χ1n) is 8.60. The summed E-state index contributed by atoms with van der Waals surface area (Å²) in [7, 11) is 1.62. The number of hydrogen-bond donors (Lipinski definition) is 1. The van der Waals surface area contributed by atoms with Crippen molar-refractivity contribution in [3.63, 3.8) is 0 Å². The lowest BCUT2D eigenvalue weighted by Crippen LogP contribution is -2.03. The number of aryl methyl sites for hydroxylation is 1. The number of rotatable bonds is 7. The van der Waals surface area contributed by atoms with E-state index in [4.69, 9.17) is 21.1 Å². The number of benzene rings is 3. The Morgan fingerprint density at radius 3 is 2.48 bits per heavy atom. The maximum absolute atomic E-state index is 6.48. The van der Waals surface area contributed by atoms with Crippen LogP contribution in [0.5, 0.6) is 11.5 Å². The molecule has 0 atom stereocenters. The van der Waals surface area contributed by atoms with Crippen LogP contribution >= 0.6 is 27.5 Å². The number of anilines is 1. The average molecular weight is 447 g/mol. The SMILES string of the molecule is COc1cc(CNc2ccc(Br)cc2)cc(Cl)c1OCc1ccccc1C. The Balaban J connectivity index is 1.72. The van der Waals surface area contributed by atoms with Gasteiger partial charge >= 0.3 is 0 Å². The van der Waals surface area contributed by atoms with E-state index in [1.807, 2.05) is 54.6 Å². The van der Waals surface area contributed by atoms with E-state index in [-0.39, 0.29) is 0 Å². The monoisotopic (exact) mass is 445 g/mol. The molecule has 3 nitrogen and oxygen atoms in total.